The Morgan fingerprint density at radius 2 is 2.64 bits per heavy atom. The zero-order valence-electron chi connectivity index (χ0n) is 5.47. The van der Waals surface area contributed by atoms with Crippen LogP contribution in [0.25, 0.3) is 0 Å². The molecule has 0 aromatic carbocycles. The van der Waals surface area contributed by atoms with Crippen molar-refractivity contribution in [3.63, 3.8) is 0 Å². The van der Waals surface area contributed by atoms with Crippen LogP contribution >= 0.6 is 24.2 Å². The summed E-state index contributed by atoms with van der Waals surface area (Å²) in [4.78, 5) is 10.3. The molecule has 0 fully saturated rings. The van der Waals surface area contributed by atoms with E-state index in [1.807, 2.05) is 0 Å². The lowest BCUT2D eigenvalue weighted by molar-refractivity contribution is -0.136. The van der Waals surface area contributed by atoms with Gasteiger partial charge in [0.15, 0.2) is 0 Å². The zero-order valence-corrected chi connectivity index (χ0v) is 7.18. The predicted molar refractivity (Wildman–Crippen MR) is 44.0 cm³/mol. The molecular formula is C5H6N2O2S2. The summed E-state index contributed by atoms with van der Waals surface area (Å²) < 4.78 is 3.60. The van der Waals surface area contributed by atoms with Crippen molar-refractivity contribution in [1.29, 1.82) is 0 Å². The van der Waals surface area contributed by atoms with Crippen molar-refractivity contribution in [2.75, 3.05) is 0 Å². The second-order valence-electron chi connectivity index (χ2n) is 1.95. The smallest absolute Gasteiger partial charge is 0.316 e. The molecular weight excluding hydrogens is 184 g/mol. The average molecular weight is 190 g/mol. The molecule has 1 aromatic rings. The summed E-state index contributed by atoms with van der Waals surface area (Å²) in [5.41, 5.74) is 0.678. The molecule has 1 N–H and O–H groups in total. The van der Waals surface area contributed by atoms with E-state index >= 15 is 0 Å². The van der Waals surface area contributed by atoms with Crippen molar-refractivity contribution in [3.05, 3.63) is 11.1 Å². The van der Waals surface area contributed by atoms with Gasteiger partial charge in [0.25, 0.3) is 0 Å². The molecule has 0 aliphatic carbocycles. The molecule has 1 atom stereocenters. The maximum atomic E-state index is 10.3. The standard InChI is InChI=1S/C5H6N2O2S2/c8-5(9)4(10)1-3-2-11-7-6-3/h2,4,10H,1H2,(H,8,9). The van der Waals surface area contributed by atoms with Crippen LogP contribution in [0.15, 0.2) is 5.38 Å². The topological polar surface area (TPSA) is 63.1 Å². The van der Waals surface area contributed by atoms with Gasteiger partial charge in [-0.3, -0.25) is 4.79 Å². The fourth-order valence-electron chi connectivity index (χ4n) is 0.558. The van der Waals surface area contributed by atoms with Gasteiger partial charge in [-0.15, -0.1) is 5.10 Å². The van der Waals surface area contributed by atoms with Crippen LogP contribution in [-0.2, 0) is 11.2 Å². The van der Waals surface area contributed by atoms with E-state index in [0.29, 0.717) is 12.1 Å². The van der Waals surface area contributed by atoms with Crippen LogP contribution in [0.1, 0.15) is 5.69 Å². The van der Waals surface area contributed by atoms with Crippen molar-refractivity contribution in [2.24, 2.45) is 0 Å². The maximum Gasteiger partial charge on any atom is 0.316 e. The first-order valence-electron chi connectivity index (χ1n) is 2.87. The van der Waals surface area contributed by atoms with Gasteiger partial charge in [0.2, 0.25) is 0 Å². The lowest BCUT2D eigenvalue weighted by Crippen LogP contribution is -2.16. The minimum atomic E-state index is -0.929. The Balaban J connectivity index is 2.50. The van der Waals surface area contributed by atoms with E-state index < -0.39 is 11.2 Å². The number of aromatic nitrogens is 2. The van der Waals surface area contributed by atoms with Gasteiger partial charge in [-0.25, -0.2) is 0 Å². The van der Waals surface area contributed by atoms with Gasteiger partial charge in [-0.05, 0) is 11.5 Å². The second-order valence-corrected chi connectivity index (χ2v) is 3.19. The Morgan fingerprint density at radius 1 is 1.91 bits per heavy atom. The van der Waals surface area contributed by atoms with Crippen LogP contribution in [0, 0.1) is 0 Å². The van der Waals surface area contributed by atoms with Crippen LogP contribution in [-0.4, -0.2) is 25.9 Å². The van der Waals surface area contributed by atoms with Gasteiger partial charge in [-0.1, -0.05) is 4.49 Å². The highest BCUT2D eigenvalue weighted by atomic mass is 32.1. The Hall–Kier alpha value is -0.620. The highest BCUT2D eigenvalue weighted by molar-refractivity contribution is 7.81. The van der Waals surface area contributed by atoms with E-state index in [-0.39, 0.29) is 0 Å². The monoisotopic (exact) mass is 190 g/mol. The van der Waals surface area contributed by atoms with Gasteiger partial charge in [0.1, 0.15) is 5.25 Å². The first kappa shape index (κ1) is 8.48. The third-order valence-electron chi connectivity index (χ3n) is 1.09. The summed E-state index contributed by atoms with van der Waals surface area (Å²) in [6, 6.07) is 0. The molecule has 0 aliphatic rings. The lowest BCUT2D eigenvalue weighted by Gasteiger charge is -1.99. The number of hydrogen-bond donors (Lipinski definition) is 2. The summed E-state index contributed by atoms with van der Waals surface area (Å²) in [5.74, 6) is -0.929. The normalized spacial score (nSPS) is 12.8. The Labute approximate surface area is 72.8 Å². The molecule has 0 bridgehead atoms. The summed E-state index contributed by atoms with van der Waals surface area (Å²) in [6.45, 7) is 0. The molecule has 0 radical (unpaired) electrons. The summed E-state index contributed by atoms with van der Waals surface area (Å²) >= 11 is 5.05. The average Bonchev–Trinajstić information content (AvgIpc) is 2.39. The zero-order chi connectivity index (χ0) is 8.27. The number of thiol groups is 1. The van der Waals surface area contributed by atoms with Crippen LogP contribution in [0.5, 0.6) is 0 Å². The second kappa shape index (κ2) is 3.68. The molecule has 4 nitrogen and oxygen atoms in total. The third-order valence-corrected chi connectivity index (χ3v) is 2.05. The summed E-state index contributed by atoms with van der Waals surface area (Å²) in [7, 11) is 0. The van der Waals surface area contributed by atoms with Crippen molar-refractivity contribution in [3.8, 4) is 0 Å². The highest BCUT2D eigenvalue weighted by Crippen LogP contribution is 2.06. The third kappa shape index (κ3) is 2.47. The molecule has 0 saturated carbocycles. The van der Waals surface area contributed by atoms with Gasteiger partial charge in [0, 0.05) is 11.8 Å². The predicted octanol–water partition coefficient (Wildman–Crippen LogP) is 0.464. The summed E-state index contributed by atoms with van der Waals surface area (Å²) in [5, 5.41) is 13.2. The van der Waals surface area contributed by atoms with Crippen LogP contribution in [0.2, 0.25) is 0 Å². The van der Waals surface area contributed by atoms with E-state index in [4.69, 9.17) is 5.11 Å². The van der Waals surface area contributed by atoms with E-state index in [1.165, 1.54) is 11.5 Å². The minimum Gasteiger partial charge on any atom is -0.480 e. The van der Waals surface area contributed by atoms with Gasteiger partial charge in [-0.2, -0.15) is 12.6 Å². The Bertz CT molecular complexity index is 237. The van der Waals surface area contributed by atoms with Gasteiger partial charge >= 0.3 is 5.97 Å². The molecule has 6 heteroatoms. The number of aliphatic carboxylic acids is 1. The van der Waals surface area contributed by atoms with Gasteiger partial charge < -0.3 is 5.11 Å². The van der Waals surface area contributed by atoms with E-state index in [1.54, 1.807) is 5.38 Å². The molecule has 0 aliphatic heterocycles. The maximum absolute atomic E-state index is 10.3. The molecule has 1 heterocycles. The quantitative estimate of drug-likeness (QED) is 0.680. The fraction of sp³-hybridized carbons (Fsp3) is 0.400. The van der Waals surface area contributed by atoms with Gasteiger partial charge in [0.05, 0.1) is 5.69 Å². The summed E-state index contributed by atoms with van der Waals surface area (Å²) in [6.07, 6.45) is 0.328. The number of carbonyl (C=O) groups is 1. The van der Waals surface area contributed by atoms with Crippen LogP contribution < -0.4 is 0 Å². The molecule has 0 amide bonds. The largest absolute Gasteiger partial charge is 0.480 e. The van der Waals surface area contributed by atoms with Crippen molar-refractivity contribution < 1.29 is 9.90 Å². The molecule has 1 rings (SSSR count). The molecule has 1 unspecified atom stereocenters. The highest BCUT2D eigenvalue weighted by Gasteiger charge is 2.13. The molecule has 60 valence electrons. The van der Waals surface area contributed by atoms with Crippen LogP contribution in [0.3, 0.4) is 0 Å². The SMILES string of the molecule is O=C(O)C(S)Cc1csnn1. The fourth-order valence-corrected chi connectivity index (χ4v) is 1.21. The van der Waals surface area contributed by atoms with Crippen molar-refractivity contribution in [1.82, 2.24) is 9.59 Å². The first-order chi connectivity index (χ1) is 5.20. The Kier molecular flexibility index (Phi) is 2.84. The number of hydrogen-bond acceptors (Lipinski definition) is 5. The molecule has 1 aromatic heterocycles. The van der Waals surface area contributed by atoms with E-state index in [2.05, 4.69) is 22.2 Å². The van der Waals surface area contributed by atoms with Crippen molar-refractivity contribution >= 4 is 30.1 Å². The number of carboxylic acids is 1. The van der Waals surface area contributed by atoms with Crippen LogP contribution in [0.4, 0.5) is 0 Å². The van der Waals surface area contributed by atoms with Crippen molar-refractivity contribution in [2.45, 2.75) is 11.7 Å². The number of nitrogens with zero attached hydrogens (tertiary/aromatic N) is 2. The lowest BCUT2D eigenvalue weighted by atomic mass is 10.2. The molecule has 0 spiro atoms. The molecule has 0 saturated heterocycles. The van der Waals surface area contributed by atoms with E-state index in [0.717, 1.165) is 0 Å². The van der Waals surface area contributed by atoms with E-state index in [9.17, 15) is 4.79 Å². The Morgan fingerprint density at radius 3 is 3.09 bits per heavy atom. The minimum absolute atomic E-state index is 0.328. The first-order valence-corrected chi connectivity index (χ1v) is 4.22. The number of rotatable bonds is 3. The number of carboxylic acid groups (broad SMARTS) is 1. The molecule has 11 heavy (non-hydrogen) atoms.